The first-order chi connectivity index (χ1) is 10.1. The molecule has 0 bridgehead atoms. The van der Waals surface area contributed by atoms with E-state index in [4.69, 9.17) is 5.73 Å². The third-order valence-electron chi connectivity index (χ3n) is 4.87. The highest BCUT2D eigenvalue weighted by atomic mass is 16.2. The molecular formula is C17H25N3O. The molecule has 4 heteroatoms. The average molecular weight is 287 g/mol. The van der Waals surface area contributed by atoms with Gasteiger partial charge in [-0.2, -0.15) is 0 Å². The second kappa shape index (κ2) is 6.06. The van der Waals surface area contributed by atoms with E-state index in [0.717, 1.165) is 31.1 Å². The van der Waals surface area contributed by atoms with Crippen molar-refractivity contribution in [3.05, 3.63) is 29.8 Å². The SMILES string of the molecule is CC1CN(CC2CCC2)CCN1C(=O)c1ccc(N)cc1. The van der Waals surface area contributed by atoms with Crippen LogP contribution in [0.15, 0.2) is 24.3 Å². The predicted octanol–water partition coefficient (Wildman–Crippen LogP) is 2.22. The normalized spacial score (nSPS) is 23.9. The molecule has 0 aromatic heterocycles. The smallest absolute Gasteiger partial charge is 0.254 e. The summed E-state index contributed by atoms with van der Waals surface area (Å²) < 4.78 is 0. The van der Waals surface area contributed by atoms with Gasteiger partial charge in [-0.3, -0.25) is 9.69 Å². The van der Waals surface area contributed by atoms with Gasteiger partial charge in [-0.25, -0.2) is 0 Å². The number of benzene rings is 1. The van der Waals surface area contributed by atoms with Crippen molar-refractivity contribution in [1.82, 2.24) is 9.80 Å². The summed E-state index contributed by atoms with van der Waals surface area (Å²) in [5, 5.41) is 0. The van der Waals surface area contributed by atoms with Gasteiger partial charge in [0.2, 0.25) is 0 Å². The summed E-state index contributed by atoms with van der Waals surface area (Å²) in [7, 11) is 0. The molecule has 1 saturated heterocycles. The first kappa shape index (κ1) is 14.4. The Balaban J connectivity index is 1.59. The number of anilines is 1. The number of nitrogens with two attached hydrogens (primary N) is 1. The molecule has 0 radical (unpaired) electrons. The van der Waals surface area contributed by atoms with Crippen molar-refractivity contribution in [2.75, 3.05) is 31.9 Å². The van der Waals surface area contributed by atoms with E-state index in [1.165, 1.54) is 25.8 Å². The molecule has 1 saturated carbocycles. The summed E-state index contributed by atoms with van der Waals surface area (Å²) >= 11 is 0. The van der Waals surface area contributed by atoms with Crippen LogP contribution in [0.3, 0.4) is 0 Å². The van der Waals surface area contributed by atoms with Crippen LogP contribution in [0, 0.1) is 5.92 Å². The maximum atomic E-state index is 12.6. The first-order valence-corrected chi connectivity index (χ1v) is 8.02. The number of nitrogens with zero attached hydrogens (tertiary/aromatic N) is 2. The molecule has 1 aliphatic carbocycles. The molecule has 3 rings (SSSR count). The fourth-order valence-corrected chi connectivity index (χ4v) is 3.33. The number of rotatable bonds is 3. The van der Waals surface area contributed by atoms with E-state index in [1.54, 1.807) is 12.1 Å². The highest BCUT2D eigenvalue weighted by Crippen LogP contribution is 2.28. The monoisotopic (exact) mass is 287 g/mol. The maximum absolute atomic E-state index is 12.6. The number of hydrogen-bond acceptors (Lipinski definition) is 3. The number of hydrogen-bond donors (Lipinski definition) is 1. The molecule has 0 spiro atoms. The summed E-state index contributed by atoms with van der Waals surface area (Å²) in [6, 6.07) is 7.52. The van der Waals surface area contributed by atoms with Crippen LogP contribution in [0.5, 0.6) is 0 Å². The molecular weight excluding hydrogens is 262 g/mol. The molecule has 1 atom stereocenters. The lowest BCUT2D eigenvalue weighted by Gasteiger charge is -2.42. The van der Waals surface area contributed by atoms with Crippen molar-refractivity contribution in [2.24, 2.45) is 5.92 Å². The number of amides is 1. The van der Waals surface area contributed by atoms with Crippen LogP contribution < -0.4 is 5.73 Å². The lowest BCUT2D eigenvalue weighted by Crippen LogP contribution is -2.55. The van der Waals surface area contributed by atoms with Gasteiger partial charge in [0.1, 0.15) is 0 Å². The van der Waals surface area contributed by atoms with Gasteiger partial charge in [0, 0.05) is 43.5 Å². The summed E-state index contributed by atoms with van der Waals surface area (Å²) in [5.74, 6) is 1.03. The van der Waals surface area contributed by atoms with Crippen LogP contribution >= 0.6 is 0 Å². The van der Waals surface area contributed by atoms with Crippen molar-refractivity contribution in [2.45, 2.75) is 32.2 Å². The molecule has 1 aliphatic heterocycles. The van der Waals surface area contributed by atoms with Crippen molar-refractivity contribution in [3.8, 4) is 0 Å². The Bertz CT molecular complexity index is 495. The largest absolute Gasteiger partial charge is 0.399 e. The summed E-state index contributed by atoms with van der Waals surface area (Å²) in [5.41, 5.74) is 7.12. The van der Waals surface area contributed by atoms with Crippen LogP contribution in [-0.2, 0) is 0 Å². The zero-order chi connectivity index (χ0) is 14.8. The van der Waals surface area contributed by atoms with Crippen molar-refractivity contribution < 1.29 is 4.79 Å². The fraction of sp³-hybridized carbons (Fsp3) is 0.588. The average Bonchev–Trinajstić information content (AvgIpc) is 2.43. The van der Waals surface area contributed by atoms with Gasteiger partial charge in [-0.1, -0.05) is 6.42 Å². The van der Waals surface area contributed by atoms with E-state index < -0.39 is 0 Å². The minimum atomic E-state index is 0.130. The van der Waals surface area contributed by atoms with Crippen molar-refractivity contribution in [1.29, 1.82) is 0 Å². The second-order valence-electron chi connectivity index (χ2n) is 6.53. The fourth-order valence-electron chi connectivity index (χ4n) is 3.33. The molecule has 114 valence electrons. The third kappa shape index (κ3) is 3.21. The van der Waals surface area contributed by atoms with Gasteiger partial charge in [-0.15, -0.1) is 0 Å². The number of carbonyl (C=O) groups is 1. The minimum absolute atomic E-state index is 0.130. The Morgan fingerprint density at radius 2 is 1.95 bits per heavy atom. The Morgan fingerprint density at radius 1 is 1.24 bits per heavy atom. The summed E-state index contributed by atoms with van der Waals surface area (Å²) in [6.07, 6.45) is 4.17. The molecule has 2 aliphatic rings. The van der Waals surface area contributed by atoms with Gasteiger partial charge in [-0.05, 0) is 49.9 Å². The zero-order valence-electron chi connectivity index (χ0n) is 12.8. The van der Waals surface area contributed by atoms with Gasteiger partial charge in [0.25, 0.3) is 5.91 Å². The van der Waals surface area contributed by atoms with Crippen LogP contribution in [0.2, 0.25) is 0 Å². The number of piperazine rings is 1. The summed E-state index contributed by atoms with van der Waals surface area (Å²) in [6.45, 7) is 6.20. The van der Waals surface area contributed by atoms with E-state index >= 15 is 0 Å². The molecule has 1 aromatic rings. The predicted molar refractivity (Wildman–Crippen MR) is 85.1 cm³/mol. The Kier molecular flexibility index (Phi) is 4.15. The van der Waals surface area contributed by atoms with Crippen molar-refractivity contribution in [3.63, 3.8) is 0 Å². The van der Waals surface area contributed by atoms with Gasteiger partial charge in [0.15, 0.2) is 0 Å². The molecule has 1 heterocycles. The Morgan fingerprint density at radius 3 is 2.52 bits per heavy atom. The van der Waals surface area contributed by atoms with Crippen LogP contribution in [0.4, 0.5) is 5.69 Å². The Labute approximate surface area is 126 Å². The van der Waals surface area contributed by atoms with E-state index in [9.17, 15) is 4.79 Å². The molecule has 1 amide bonds. The highest BCUT2D eigenvalue weighted by Gasteiger charge is 2.30. The van der Waals surface area contributed by atoms with Gasteiger partial charge in [0.05, 0.1) is 0 Å². The zero-order valence-corrected chi connectivity index (χ0v) is 12.8. The van der Waals surface area contributed by atoms with E-state index in [0.29, 0.717) is 5.69 Å². The third-order valence-corrected chi connectivity index (χ3v) is 4.87. The molecule has 1 unspecified atom stereocenters. The molecule has 2 N–H and O–H groups in total. The van der Waals surface area contributed by atoms with Crippen LogP contribution in [0.25, 0.3) is 0 Å². The minimum Gasteiger partial charge on any atom is -0.399 e. The van der Waals surface area contributed by atoms with E-state index in [2.05, 4.69) is 11.8 Å². The lowest BCUT2D eigenvalue weighted by atomic mass is 9.85. The molecule has 2 fully saturated rings. The van der Waals surface area contributed by atoms with Gasteiger partial charge < -0.3 is 10.6 Å². The van der Waals surface area contributed by atoms with Gasteiger partial charge >= 0.3 is 0 Å². The number of carbonyl (C=O) groups excluding carboxylic acids is 1. The van der Waals surface area contributed by atoms with E-state index in [-0.39, 0.29) is 11.9 Å². The quantitative estimate of drug-likeness (QED) is 0.867. The van der Waals surface area contributed by atoms with Crippen LogP contribution in [-0.4, -0.2) is 47.9 Å². The molecule has 21 heavy (non-hydrogen) atoms. The molecule has 1 aromatic carbocycles. The lowest BCUT2D eigenvalue weighted by molar-refractivity contribution is 0.0424. The summed E-state index contributed by atoms with van der Waals surface area (Å²) in [4.78, 5) is 17.1. The van der Waals surface area contributed by atoms with E-state index in [1.807, 2.05) is 17.0 Å². The second-order valence-corrected chi connectivity index (χ2v) is 6.53. The van der Waals surface area contributed by atoms with Crippen molar-refractivity contribution >= 4 is 11.6 Å². The molecule has 4 nitrogen and oxygen atoms in total. The van der Waals surface area contributed by atoms with Crippen LogP contribution in [0.1, 0.15) is 36.5 Å². The Hall–Kier alpha value is -1.55. The maximum Gasteiger partial charge on any atom is 0.254 e. The number of nitrogen functional groups attached to an aromatic ring is 1. The standard InChI is InChI=1S/C17H25N3O/c1-13-11-19(12-14-3-2-4-14)9-10-20(13)17(21)15-5-7-16(18)8-6-15/h5-8,13-14H,2-4,9-12,18H2,1H3. The first-order valence-electron chi connectivity index (χ1n) is 8.02. The topological polar surface area (TPSA) is 49.6 Å². The highest BCUT2D eigenvalue weighted by molar-refractivity contribution is 5.94.